The summed E-state index contributed by atoms with van der Waals surface area (Å²) < 4.78 is 14.5. The number of benzene rings is 1. The van der Waals surface area contributed by atoms with Gasteiger partial charge in [-0.3, -0.25) is 9.78 Å². The molecule has 1 aromatic heterocycles. The minimum Gasteiger partial charge on any atom is -0.352 e. The highest BCUT2D eigenvalue weighted by Crippen LogP contribution is 2.24. The molecule has 0 spiro atoms. The Labute approximate surface area is 144 Å². The third-order valence-corrected chi connectivity index (χ3v) is 4.19. The topological polar surface area (TPSA) is 83.1 Å². The van der Waals surface area contributed by atoms with Crippen molar-refractivity contribution in [2.75, 3.05) is 18.4 Å². The molecule has 2 aromatic rings. The molecule has 0 saturated heterocycles. The fourth-order valence-electron chi connectivity index (χ4n) is 2.83. The number of aryl methyl sites for hydroxylation is 1. The van der Waals surface area contributed by atoms with Gasteiger partial charge in [-0.1, -0.05) is 6.07 Å². The van der Waals surface area contributed by atoms with Crippen molar-refractivity contribution < 1.29 is 14.0 Å². The van der Waals surface area contributed by atoms with Crippen molar-refractivity contribution in [3.63, 3.8) is 0 Å². The Hall–Kier alpha value is -2.96. The average Bonchev–Trinajstić information content (AvgIpc) is 2.60. The minimum absolute atomic E-state index is 0.0727. The quantitative estimate of drug-likeness (QED) is 0.796. The molecule has 0 aliphatic carbocycles. The Morgan fingerprint density at radius 1 is 1.36 bits per heavy atom. The van der Waals surface area contributed by atoms with Crippen molar-refractivity contribution >= 4 is 17.6 Å². The van der Waals surface area contributed by atoms with Crippen LogP contribution in [0.1, 0.15) is 27.2 Å². The Kier molecular flexibility index (Phi) is 4.92. The van der Waals surface area contributed by atoms with Crippen LogP contribution in [0, 0.1) is 12.7 Å². The van der Waals surface area contributed by atoms with Gasteiger partial charge in [0.1, 0.15) is 0 Å². The molecule has 0 saturated carbocycles. The van der Waals surface area contributed by atoms with E-state index in [9.17, 15) is 14.0 Å². The number of aromatic nitrogens is 1. The lowest BCUT2D eigenvalue weighted by atomic mass is 9.99. The van der Waals surface area contributed by atoms with E-state index in [0.29, 0.717) is 37.1 Å². The average molecular weight is 342 g/mol. The molecule has 7 heteroatoms. The monoisotopic (exact) mass is 342 g/mol. The number of hydrogen-bond acceptors (Lipinski definition) is 3. The SMILES string of the molecule is Cc1ncccc1CCNC(=O)Nc1ccc2c(c1F)CCNC2=O. The number of anilines is 1. The Morgan fingerprint density at radius 3 is 3.00 bits per heavy atom. The second-order valence-corrected chi connectivity index (χ2v) is 5.84. The molecule has 1 aliphatic rings. The maximum Gasteiger partial charge on any atom is 0.319 e. The number of nitrogens with one attached hydrogen (secondary N) is 3. The lowest BCUT2D eigenvalue weighted by Gasteiger charge is -2.19. The van der Waals surface area contributed by atoms with Crippen LogP contribution in [0.15, 0.2) is 30.5 Å². The van der Waals surface area contributed by atoms with Crippen LogP contribution in [0.25, 0.3) is 0 Å². The molecule has 1 aromatic carbocycles. The summed E-state index contributed by atoms with van der Waals surface area (Å²) in [4.78, 5) is 27.9. The van der Waals surface area contributed by atoms with Crippen LogP contribution < -0.4 is 16.0 Å². The first-order chi connectivity index (χ1) is 12.1. The number of nitrogens with zero attached hydrogens (tertiary/aromatic N) is 1. The first kappa shape index (κ1) is 16.9. The van der Waals surface area contributed by atoms with Gasteiger partial charge in [-0.25, -0.2) is 9.18 Å². The van der Waals surface area contributed by atoms with Gasteiger partial charge >= 0.3 is 6.03 Å². The molecule has 0 unspecified atom stereocenters. The molecule has 1 aliphatic heterocycles. The zero-order chi connectivity index (χ0) is 17.8. The number of carbonyl (C=O) groups excluding carboxylic acids is 2. The van der Waals surface area contributed by atoms with Crippen molar-refractivity contribution in [3.05, 3.63) is 58.7 Å². The normalized spacial score (nSPS) is 13.0. The highest BCUT2D eigenvalue weighted by Gasteiger charge is 2.22. The summed E-state index contributed by atoms with van der Waals surface area (Å²) in [7, 11) is 0. The van der Waals surface area contributed by atoms with Crippen LogP contribution in [0.2, 0.25) is 0 Å². The van der Waals surface area contributed by atoms with Gasteiger partial charge < -0.3 is 16.0 Å². The van der Waals surface area contributed by atoms with E-state index in [1.807, 2.05) is 19.1 Å². The molecule has 3 rings (SSSR count). The van der Waals surface area contributed by atoms with Crippen LogP contribution in [0.3, 0.4) is 0 Å². The molecular formula is C18H19FN4O2. The van der Waals surface area contributed by atoms with E-state index < -0.39 is 11.8 Å². The van der Waals surface area contributed by atoms with E-state index in [0.717, 1.165) is 11.3 Å². The molecule has 2 heterocycles. The molecule has 3 amide bonds. The van der Waals surface area contributed by atoms with Crippen LogP contribution in [-0.4, -0.2) is 30.0 Å². The third-order valence-electron chi connectivity index (χ3n) is 4.19. The predicted octanol–water partition coefficient (Wildman–Crippen LogP) is 2.18. The standard InChI is InChI=1S/C18H19FN4O2/c1-11-12(3-2-8-20-11)6-9-22-18(25)23-15-5-4-14-13(16(15)19)7-10-21-17(14)24/h2-5,8H,6-7,9-10H2,1H3,(H,21,24)(H2,22,23,25). The van der Waals surface area contributed by atoms with Gasteiger partial charge in [0.2, 0.25) is 0 Å². The number of rotatable bonds is 4. The number of pyridine rings is 1. The zero-order valence-electron chi connectivity index (χ0n) is 13.9. The number of urea groups is 1. The van der Waals surface area contributed by atoms with Crippen molar-refractivity contribution in [3.8, 4) is 0 Å². The summed E-state index contributed by atoms with van der Waals surface area (Å²) >= 11 is 0. The second kappa shape index (κ2) is 7.29. The lowest BCUT2D eigenvalue weighted by Crippen LogP contribution is -2.34. The second-order valence-electron chi connectivity index (χ2n) is 5.84. The lowest BCUT2D eigenvalue weighted by molar-refractivity contribution is 0.0945. The van der Waals surface area contributed by atoms with E-state index in [1.54, 1.807) is 6.20 Å². The summed E-state index contributed by atoms with van der Waals surface area (Å²) in [6, 6.07) is 6.25. The smallest absolute Gasteiger partial charge is 0.319 e. The van der Waals surface area contributed by atoms with Crippen LogP contribution in [-0.2, 0) is 12.8 Å². The van der Waals surface area contributed by atoms with Crippen LogP contribution >= 0.6 is 0 Å². The summed E-state index contributed by atoms with van der Waals surface area (Å²) in [5.74, 6) is -0.839. The fourth-order valence-corrected chi connectivity index (χ4v) is 2.83. The molecule has 6 nitrogen and oxygen atoms in total. The highest BCUT2D eigenvalue weighted by atomic mass is 19.1. The number of fused-ring (bicyclic) bond motifs is 1. The fraction of sp³-hybridized carbons (Fsp3) is 0.278. The van der Waals surface area contributed by atoms with E-state index in [4.69, 9.17) is 0 Å². The predicted molar refractivity (Wildman–Crippen MR) is 92.1 cm³/mol. The van der Waals surface area contributed by atoms with E-state index in [2.05, 4.69) is 20.9 Å². The summed E-state index contributed by atoms with van der Waals surface area (Å²) in [6.07, 6.45) is 2.77. The minimum atomic E-state index is -0.550. The number of carbonyl (C=O) groups is 2. The van der Waals surface area contributed by atoms with Crippen LogP contribution in [0.4, 0.5) is 14.9 Å². The van der Waals surface area contributed by atoms with E-state index in [-0.39, 0.29) is 11.6 Å². The van der Waals surface area contributed by atoms with Crippen molar-refractivity contribution in [1.29, 1.82) is 0 Å². The van der Waals surface area contributed by atoms with Gasteiger partial charge in [-0.05, 0) is 43.5 Å². The maximum absolute atomic E-state index is 14.5. The molecule has 0 radical (unpaired) electrons. The van der Waals surface area contributed by atoms with E-state index >= 15 is 0 Å². The molecular weight excluding hydrogens is 323 g/mol. The first-order valence-electron chi connectivity index (χ1n) is 8.11. The van der Waals surface area contributed by atoms with Gasteiger partial charge in [0.25, 0.3) is 5.91 Å². The molecule has 25 heavy (non-hydrogen) atoms. The van der Waals surface area contributed by atoms with Gasteiger partial charge in [-0.15, -0.1) is 0 Å². The Morgan fingerprint density at radius 2 is 2.20 bits per heavy atom. The van der Waals surface area contributed by atoms with E-state index in [1.165, 1.54) is 12.1 Å². The van der Waals surface area contributed by atoms with Gasteiger partial charge in [0, 0.05) is 36.1 Å². The number of hydrogen-bond donors (Lipinski definition) is 3. The van der Waals surface area contributed by atoms with Gasteiger partial charge in [-0.2, -0.15) is 0 Å². The van der Waals surface area contributed by atoms with Gasteiger partial charge in [0.05, 0.1) is 5.69 Å². The van der Waals surface area contributed by atoms with Crippen LogP contribution in [0.5, 0.6) is 0 Å². The molecule has 3 N–H and O–H groups in total. The zero-order valence-corrected chi connectivity index (χ0v) is 13.9. The number of amides is 3. The third kappa shape index (κ3) is 3.76. The van der Waals surface area contributed by atoms with Crippen molar-refractivity contribution in [2.24, 2.45) is 0 Å². The Bertz CT molecular complexity index is 823. The highest BCUT2D eigenvalue weighted by molar-refractivity contribution is 5.98. The maximum atomic E-state index is 14.5. The molecule has 0 fully saturated rings. The summed E-state index contributed by atoms with van der Waals surface area (Å²) in [6.45, 7) is 2.71. The number of halogens is 1. The first-order valence-corrected chi connectivity index (χ1v) is 8.11. The molecule has 0 bridgehead atoms. The largest absolute Gasteiger partial charge is 0.352 e. The van der Waals surface area contributed by atoms with Crippen molar-refractivity contribution in [1.82, 2.24) is 15.6 Å². The summed E-state index contributed by atoms with van der Waals surface area (Å²) in [5, 5.41) is 7.87. The molecule has 0 atom stereocenters. The molecule has 130 valence electrons. The summed E-state index contributed by atoms with van der Waals surface area (Å²) in [5.41, 5.74) is 2.70. The van der Waals surface area contributed by atoms with Crippen molar-refractivity contribution in [2.45, 2.75) is 19.8 Å². The van der Waals surface area contributed by atoms with Gasteiger partial charge in [0.15, 0.2) is 5.82 Å². The Balaban J connectivity index is 1.60.